The minimum absolute atomic E-state index is 0.0322. The lowest BCUT2D eigenvalue weighted by atomic mass is 9.97. The Balaban J connectivity index is 1.93. The van der Waals surface area contributed by atoms with Crippen molar-refractivity contribution in [1.29, 1.82) is 0 Å². The Morgan fingerprint density at radius 1 is 1.07 bits per heavy atom. The highest BCUT2D eigenvalue weighted by Crippen LogP contribution is 2.26. The normalized spacial score (nSPS) is 11.9. The van der Waals surface area contributed by atoms with Crippen LogP contribution in [0.25, 0.3) is 0 Å². The Bertz CT molecular complexity index is 771. The summed E-state index contributed by atoms with van der Waals surface area (Å²) in [5.74, 6) is 0.266. The molecule has 1 atom stereocenters. The fraction of sp³-hybridized carbons (Fsp3) is 0.364. The fourth-order valence-corrected chi connectivity index (χ4v) is 2.97. The minimum atomic E-state index is -0.103. The highest BCUT2D eigenvalue weighted by Gasteiger charge is 2.13. The van der Waals surface area contributed by atoms with Crippen LogP contribution in [-0.4, -0.2) is 37.4 Å². The van der Waals surface area contributed by atoms with Gasteiger partial charge in [0.25, 0.3) is 5.91 Å². The van der Waals surface area contributed by atoms with Crippen LogP contribution < -0.4 is 10.6 Å². The molecule has 2 rings (SSSR count). The largest absolute Gasteiger partial charge is 0.355 e. The Labute approximate surface area is 161 Å². The maximum atomic E-state index is 12.5. The summed E-state index contributed by atoms with van der Waals surface area (Å²) in [4.78, 5) is 26.0. The van der Waals surface area contributed by atoms with Crippen molar-refractivity contribution in [2.24, 2.45) is 0 Å². The van der Waals surface area contributed by atoms with Crippen molar-refractivity contribution in [3.63, 3.8) is 0 Å². The maximum absolute atomic E-state index is 12.5. The summed E-state index contributed by atoms with van der Waals surface area (Å²) in [6, 6.07) is 15.4. The highest BCUT2D eigenvalue weighted by molar-refractivity contribution is 5.94. The number of carbonyl (C=O) groups is 2. The van der Waals surface area contributed by atoms with Crippen LogP contribution in [0.1, 0.15) is 47.7 Å². The minimum Gasteiger partial charge on any atom is -0.355 e. The van der Waals surface area contributed by atoms with Gasteiger partial charge in [-0.05, 0) is 48.7 Å². The van der Waals surface area contributed by atoms with E-state index in [1.165, 1.54) is 5.56 Å². The first kappa shape index (κ1) is 20.6. The number of para-hydroxylation sites is 1. The van der Waals surface area contributed by atoms with Crippen LogP contribution in [0.4, 0.5) is 5.69 Å². The average Bonchev–Trinajstić information content (AvgIpc) is 2.67. The van der Waals surface area contributed by atoms with Crippen LogP contribution >= 0.6 is 0 Å². The highest BCUT2D eigenvalue weighted by atomic mass is 16.2. The lowest BCUT2D eigenvalue weighted by molar-refractivity contribution is -0.117. The van der Waals surface area contributed by atoms with Gasteiger partial charge in [0.2, 0.25) is 5.91 Å². The van der Waals surface area contributed by atoms with E-state index in [0.717, 1.165) is 17.7 Å². The predicted octanol–water partition coefficient (Wildman–Crippen LogP) is 3.63. The van der Waals surface area contributed by atoms with Crippen molar-refractivity contribution in [1.82, 2.24) is 10.2 Å². The predicted molar refractivity (Wildman–Crippen MR) is 110 cm³/mol. The molecule has 0 spiro atoms. The molecular formula is C22H29N3O2. The van der Waals surface area contributed by atoms with Crippen LogP contribution in [0.5, 0.6) is 0 Å². The number of amides is 2. The monoisotopic (exact) mass is 367 g/mol. The molecule has 2 aromatic rings. The third kappa shape index (κ3) is 5.93. The maximum Gasteiger partial charge on any atom is 0.251 e. The molecule has 0 fully saturated rings. The number of hydrogen-bond donors (Lipinski definition) is 2. The molecule has 0 radical (unpaired) electrons. The van der Waals surface area contributed by atoms with E-state index < -0.39 is 0 Å². The summed E-state index contributed by atoms with van der Waals surface area (Å²) in [6.07, 6.45) is 1.03. The van der Waals surface area contributed by atoms with E-state index in [4.69, 9.17) is 0 Å². The van der Waals surface area contributed by atoms with E-state index in [0.29, 0.717) is 24.6 Å². The fourth-order valence-electron chi connectivity index (χ4n) is 2.97. The number of carbonyl (C=O) groups excluding carboxylic acids is 2. The molecule has 2 aromatic carbocycles. The number of likely N-dealkylation sites (N-methyl/N-ethyl adjacent to an activating group) is 1. The lowest BCUT2D eigenvalue weighted by Gasteiger charge is -2.19. The first-order chi connectivity index (χ1) is 12.9. The summed E-state index contributed by atoms with van der Waals surface area (Å²) < 4.78 is 0. The quantitative estimate of drug-likeness (QED) is 0.749. The van der Waals surface area contributed by atoms with Gasteiger partial charge < -0.3 is 10.6 Å². The molecule has 5 nitrogen and oxygen atoms in total. The van der Waals surface area contributed by atoms with E-state index in [-0.39, 0.29) is 11.8 Å². The molecule has 0 bridgehead atoms. The van der Waals surface area contributed by atoms with Crippen LogP contribution in [-0.2, 0) is 11.3 Å². The standard InChI is InChI=1S/C22H29N3O2/c1-5-16(2)19-8-6-7-9-20(19)24-21(26)15-25(4)14-17-10-12-18(13-11-17)22(27)23-3/h6-13,16H,5,14-15H2,1-4H3,(H,23,27)(H,24,26)/t16-/m1/s1. The topological polar surface area (TPSA) is 61.4 Å². The Kier molecular flexibility index (Phi) is 7.55. The Morgan fingerprint density at radius 2 is 1.74 bits per heavy atom. The second-order valence-corrected chi connectivity index (χ2v) is 6.89. The molecule has 5 heteroatoms. The first-order valence-corrected chi connectivity index (χ1v) is 9.33. The zero-order valence-electron chi connectivity index (χ0n) is 16.6. The molecule has 2 amide bonds. The first-order valence-electron chi connectivity index (χ1n) is 9.33. The van der Waals surface area contributed by atoms with Gasteiger partial charge in [-0.1, -0.05) is 44.2 Å². The summed E-state index contributed by atoms with van der Waals surface area (Å²) in [7, 11) is 3.52. The number of anilines is 1. The lowest BCUT2D eigenvalue weighted by Crippen LogP contribution is -2.30. The van der Waals surface area contributed by atoms with Crippen LogP contribution in [0.15, 0.2) is 48.5 Å². The van der Waals surface area contributed by atoms with E-state index in [1.807, 2.05) is 42.3 Å². The van der Waals surface area contributed by atoms with Crippen LogP contribution in [0.2, 0.25) is 0 Å². The number of rotatable bonds is 8. The summed E-state index contributed by atoms with van der Waals surface area (Å²) in [6.45, 7) is 5.24. The molecular weight excluding hydrogens is 338 g/mol. The van der Waals surface area contributed by atoms with Gasteiger partial charge in [0.15, 0.2) is 0 Å². The van der Waals surface area contributed by atoms with Gasteiger partial charge in [-0.3, -0.25) is 14.5 Å². The van der Waals surface area contributed by atoms with Gasteiger partial charge >= 0.3 is 0 Å². The van der Waals surface area contributed by atoms with Gasteiger partial charge in [-0.15, -0.1) is 0 Å². The van der Waals surface area contributed by atoms with E-state index in [1.54, 1.807) is 19.2 Å². The van der Waals surface area contributed by atoms with Crippen molar-refractivity contribution in [3.05, 3.63) is 65.2 Å². The molecule has 0 unspecified atom stereocenters. The second-order valence-electron chi connectivity index (χ2n) is 6.89. The van der Waals surface area contributed by atoms with Crippen molar-refractivity contribution < 1.29 is 9.59 Å². The second kappa shape index (κ2) is 9.88. The molecule has 144 valence electrons. The van der Waals surface area contributed by atoms with Crippen molar-refractivity contribution in [3.8, 4) is 0 Å². The number of hydrogen-bond acceptors (Lipinski definition) is 3. The smallest absolute Gasteiger partial charge is 0.251 e. The SMILES string of the molecule is CC[C@@H](C)c1ccccc1NC(=O)CN(C)Cc1ccc(C(=O)NC)cc1. The summed E-state index contributed by atoms with van der Waals surface area (Å²) >= 11 is 0. The van der Waals surface area contributed by atoms with Gasteiger partial charge in [-0.2, -0.15) is 0 Å². The molecule has 2 N–H and O–H groups in total. The molecule has 0 aliphatic carbocycles. The molecule has 0 heterocycles. The van der Waals surface area contributed by atoms with Crippen molar-refractivity contribution >= 4 is 17.5 Å². The summed E-state index contributed by atoms with van der Waals surface area (Å²) in [5, 5.41) is 5.65. The molecule has 0 aromatic heterocycles. The summed E-state index contributed by atoms with van der Waals surface area (Å²) in [5.41, 5.74) is 3.74. The number of nitrogens with zero attached hydrogens (tertiary/aromatic N) is 1. The molecule has 27 heavy (non-hydrogen) atoms. The van der Waals surface area contributed by atoms with E-state index in [9.17, 15) is 9.59 Å². The Morgan fingerprint density at radius 3 is 2.37 bits per heavy atom. The zero-order chi connectivity index (χ0) is 19.8. The van der Waals surface area contributed by atoms with Crippen molar-refractivity contribution in [2.75, 3.05) is 26.0 Å². The third-order valence-corrected chi connectivity index (χ3v) is 4.69. The van der Waals surface area contributed by atoms with E-state index in [2.05, 4.69) is 30.5 Å². The van der Waals surface area contributed by atoms with Crippen LogP contribution in [0, 0.1) is 0 Å². The number of benzene rings is 2. The Hall–Kier alpha value is -2.66. The molecule has 0 aliphatic heterocycles. The van der Waals surface area contributed by atoms with Crippen LogP contribution in [0.3, 0.4) is 0 Å². The van der Waals surface area contributed by atoms with Gasteiger partial charge in [0.1, 0.15) is 0 Å². The third-order valence-electron chi connectivity index (χ3n) is 4.69. The van der Waals surface area contributed by atoms with Crippen molar-refractivity contribution in [2.45, 2.75) is 32.7 Å². The zero-order valence-corrected chi connectivity index (χ0v) is 16.6. The average molecular weight is 367 g/mol. The van der Waals surface area contributed by atoms with Gasteiger partial charge in [0.05, 0.1) is 6.54 Å². The van der Waals surface area contributed by atoms with Gasteiger partial charge in [0, 0.05) is 24.8 Å². The molecule has 0 aliphatic rings. The molecule has 0 saturated carbocycles. The van der Waals surface area contributed by atoms with Gasteiger partial charge in [-0.25, -0.2) is 0 Å². The van der Waals surface area contributed by atoms with E-state index >= 15 is 0 Å². The molecule has 0 saturated heterocycles. The number of nitrogens with one attached hydrogen (secondary N) is 2.